The maximum absolute atomic E-state index is 12.8. The standard InChI is InChI=1S/C12H17F3N2/c1-3-10-8(2)11(12(13,14)15)16-17(10)9-6-4-5-7-9/h9H,3-7H2,1-2H3. The molecule has 1 aliphatic carbocycles. The smallest absolute Gasteiger partial charge is 0.266 e. The fourth-order valence-corrected chi connectivity index (χ4v) is 2.70. The molecule has 1 fully saturated rings. The Balaban J connectivity index is 2.44. The highest BCUT2D eigenvalue weighted by Crippen LogP contribution is 2.36. The summed E-state index contributed by atoms with van der Waals surface area (Å²) >= 11 is 0. The van der Waals surface area contributed by atoms with Crippen molar-refractivity contribution in [2.24, 2.45) is 0 Å². The van der Waals surface area contributed by atoms with E-state index in [9.17, 15) is 13.2 Å². The normalized spacial score (nSPS) is 17.9. The van der Waals surface area contributed by atoms with Crippen LogP contribution in [-0.2, 0) is 12.6 Å². The van der Waals surface area contributed by atoms with Crippen LogP contribution < -0.4 is 0 Å². The minimum absolute atomic E-state index is 0.166. The lowest BCUT2D eigenvalue weighted by molar-refractivity contribution is -0.142. The van der Waals surface area contributed by atoms with E-state index in [0.717, 1.165) is 31.4 Å². The molecule has 0 aromatic carbocycles. The maximum Gasteiger partial charge on any atom is 0.435 e. The van der Waals surface area contributed by atoms with Gasteiger partial charge in [0.25, 0.3) is 0 Å². The lowest BCUT2D eigenvalue weighted by Crippen LogP contribution is -2.12. The number of nitrogens with zero attached hydrogens (tertiary/aromatic N) is 2. The minimum Gasteiger partial charge on any atom is -0.266 e. The number of rotatable bonds is 2. The summed E-state index contributed by atoms with van der Waals surface area (Å²) in [5, 5.41) is 3.83. The molecule has 0 N–H and O–H groups in total. The molecule has 2 rings (SSSR count). The predicted octanol–water partition coefficient (Wildman–Crippen LogP) is 3.89. The summed E-state index contributed by atoms with van der Waals surface area (Å²) in [4.78, 5) is 0. The molecule has 96 valence electrons. The molecule has 0 unspecified atom stereocenters. The van der Waals surface area contributed by atoms with Gasteiger partial charge in [0.1, 0.15) is 0 Å². The fourth-order valence-electron chi connectivity index (χ4n) is 2.70. The van der Waals surface area contributed by atoms with Gasteiger partial charge in [0, 0.05) is 11.3 Å². The van der Waals surface area contributed by atoms with E-state index in [1.54, 1.807) is 4.68 Å². The monoisotopic (exact) mass is 246 g/mol. The van der Waals surface area contributed by atoms with Gasteiger partial charge in [-0.1, -0.05) is 19.8 Å². The second-order valence-corrected chi connectivity index (χ2v) is 4.65. The second kappa shape index (κ2) is 4.35. The van der Waals surface area contributed by atoms with Crippen LogP contribution in [0.3, 0.4) is 0 Å². The van der Waals surface area contributed by atoms with Crippen LogP contribution >= 0.6 is 0 Å². The number of aromatic nitrogens is 2. The van der Waals surface area contributed by atoms with Gasteiger partial charge in [-0.3, -0.25) is 4.68 Å². The molecule has 0 aliphatic heterocycles. The van der Waals surface area contributed by atoms with E-state index in [-0.39, 0.29) is 6.04 Å². The fraction of sp³-hybridized carbons (Fsp3) is 0.750. The molecule has 0 amide bonds. The molecule has 1 aromatic rings. The highest BCUT2D eigenvalue weighted by molar-refractivity contribution is 5.27. The highest BCUT2D eigenvalue weighted by atomic mass is 19.4. The molecule has 0 bridgehead atoms. The van der Waals surface area contributed by atoms with Crippen molar-refractivity contribution in [3.8, 4) is 0 Å². The van der Waals surface area contributed by atoms with Crippen molar-refractivity contribution in [2.75, 3.05) is 0 Å². The second-order valence-electron chi connectivity index (χ2n) is 4.65. The van der Waals surface area contributed by atoms with Crippen LogP contribution in [0.25, 0.3) is 0 Å². The zero-order valence-corrected chi connectivity index (χ0v) is 10.1. The molecule has 17 heavy (non-hydrogen) atoms. The van der Waals surface area contributed by atoms with Crippen LogP contribution in [0.2, 0.25) is 0 Å². The summed E-state index contributed by atoms with van der Waals surface area (Å²) < 4.78 is 40.0. The van der Waals surface area contributed by atoms with E-state index < -0.39 is 11.9 Å². The maximum atomic E-state index is 12.8. The van der Waals surface area contributed by atoms with Gasteiger partial charge < -0.3 is 0 Å². The van der Waals surface area contributed by atoms with Crippen LogP contribution in [0.4, 0.5) is 13.2 Å². The van der Waals surface area contributed by atoms with Crippen molar-refractivity contribution in [2.45, 2.75) is 58.2 Å². The lowest BCUT2D eigenvalue weighted by Gasteiger charge is -2.13. The molecular weight excluding hydrogens is 229 g/mol. The lowest BCUT2D eigenvalue weighted by atomic mass is 10.1. The van der Waals surface area contributed by atoms with Crippen molar-refractivity contribution in [3.63, 3.8) is 0 Å². The third-order valence-corrected chi connectivity index (χ3v) is 3.55. The van der Waals surface area contributed by atoms with Crippen LogP contribution in [0.5, 0.6) is 0 Å². The molecule has 1 heterocycles. The highest BCUT2D eigenvalue weighted by Gasteiger charge is 2.38. The van der Waals surface area contributed by atoms with Gasteiger partial charge in [-0.25, -0.2) is 0 Å². The van der Waals surface area contributed by atoms with E-state index in [1.807, 2.05) is 6.92 Å². The molecular formula is C12H17F3N2. The summed E-state index contributed by atoms with van der Waals surface area (Å²) in [5.41, 5.74) is 0.331. The molecule has 5 heteroatoms. The summed E-state index contributed by atoms with van der Waals surface area (Å²) in [6, 6.07) is 0.166. The summed E-state index contributed by atoms with van der Waals surface area (Å²) in [6.45, 7) is 3.41. The zero-order chi connectivity index (χ0) is 12.6. The third-order valence-electron chi connectivity index (χ3n) is 3.55. The van der Waals surface area contributed by atoms with Crippen molar-refractivity contribution in [1.82, 2.24) is 9.78 Å². The van der Waals surface area contributed by atoms with E-state index in [4.69, 9.17) is 0 Å². The quantitative estimate of drug-likeness (QED) is 0.774. The van der Waals surface area contributed by atoms with E-state index in [0.29, 0.717) is 12.0 Å². The largest absolute Gasteiger partial charge is 0.435 e. The molecule has 0 spiro atoms. The number of hydrogen-bond donors (Lipinski definition) is 0. The van der Waals surface area contributed by atoms with Gasteiger partial charge in [-0.2, -0.15) is 18.3 Å². The van der Waals surface area contributed by atoms with Crippen molar-refractivity contribution in [3.05, 3.63) is 17.0 Å². The molecule has 1 saturated carbocycles. The Kier molecular flexibility index (Phi) is 3.19. The first-order chi connectivity index (χ1) is 7.95. The predicted molar refractivity (Wildman–Crippen MR) is 58.8 cm³/mol. The van der Waals surface area contributed by atoms with E-state index in [2.05, 4.69) is 5.10 Å². The van der Waals surface area contributed by atoms with Gasteiger partial charge >= 0.3 is 6.18 Å². The topological polar surface area (TPSA) is 17.8 Å². The Morgan fingerprint density at radius 1 is 1.29 bits per heavy atom. The number of hydrogen-bond acceptors (Lipinski definition) is 1. The Morgan fingerprint density at radius 3 is 2.35 bits per heavy atom. The van der Waals surface area contributed by atoms with Crippen LogP contribution in [-0.4, -0.2) is 9.78 Å². The Labute approximate surface area is 98.8 Å². The minimum atomic E-state index is -4.34. The molecule has 0 atom stereocenters. The van der Waals surface area contributed by atoms with E-state index in [1.165, 1.54) is 6.92 Å². The number of halogens is 3. The first kappa shape index (κ1) is 12.5. The molecule has 2 nitrogen and oxygen atoms in total. The van der Waals surface area contributed by atoms with Gasteiger partial charge in [-0.15, -0.1) is 0 Å². The van der Waals surface area contributed by atoms with Gasteiger partial charge in [0.2, 0.25) is 0 Å². The van der Waals surface area contributed by atoms with E-state index >= 15 is 0 Å². The van der Waals surface area contributed by atoms with Gasteiger partial charge in [0.15, 0.2) is 5.69 Å². The summed E-state index contributed by atoms with van der Waals surface area (Å²) in [5.74, 6) is 0. The van der Waals surface area contributed by atoms with Crippen molar-refractivity contribution in [1.29, 1.82) is 0 Å². The van der Waals surface area contributed by atoms with Gasteiger partial charge in [-0.05, 0) is 26.2 Å². The summed E-state index contributed by atoms with van der Waals surface area (Å²) in [6.07, 6.45) is 0.349. The Bertz CT molecular complexity index is 401. The number of alkyl halides is 3. The average molecular weight is 246 g/mol. The first-order valence-corrected chi connectivity index (χ1v) is 6.10. The molecule has 0 saturated heterocycles. The first-order valence-electron chi connectivity index (χ1n) is 6.10. The zero-order valence-electron chi connectivity index (χ0n) is 10.1. The van der Waals surface area contributed by atoms with Crippen LogP contribution in [0.15, 0.2) is 0 Å². The van der Waals surface area contributed by atoms with Crippen LogP contribution in [0.1, 0.15) is 55.6 Å². The SMILES string of the molecule is CCc1c(C)c(C(F)(F)F)nn1C1CCCC1. The molecule has 1 aliphatic rings. The van der Waals surface area contributed by atoms with Crippen molar-refractivity contribution >= 4 is 0 Å². The van der Waals surface area contributed by atoms with Crippen LogP contribution in [0, 0.1) is 6.92 Å². The van der Waals surface area contributed by atoms with Gasteiger partial charge in [0.05, 0.1) is 6.04 Å². The Hall–Kier alpha value is -1.00. The average Bonchev–Trinajstić information content (AvgIpc) is 2.82. The third kappa shape index (κ3) is 2.19. The van der Waals surface area contributed by atoms with Crippen molar-refractivity contribution < 1.29 is 13.2 Å². The Morgan fingerprint density at radius 2 is 1.88 bits per heavy atom. The molecule has 1 aromatic heterocycles. The molecule has 0 radical (unpaired) electrons. The summed E-state index contributed by atoms with van der Waals surface area (Å²) in [7, 11) is 0.